The first-order chi connectivity index (χ1) is 11.5. The van der Waals surface area contributed by atoms with Crippen molar-refractivity contribution in [2.24, 2.45) is 0 Å². The van der Waals surface area contributed by atoms with Gasteiger partial charge in [-0.2, -0.15) is 0 Å². The molecule has 0 spiro atoms. The number of carbonyl (C=O) groups is 1. The largest absolute Gasteiger partial charge is 0.394 e. The van der Waals surface area contributed by atoms with Crippen molar-refractivity contribution in [2.45, 2.75) is 38.5 Å². The molecule has 0 unspecified atom stereocenters. The van der Waals surface area contributed by atoms with Gasteiger partial charge in [-0.15, -0.1) is 0 Å². The van der Waals surface area contributed by atoms with Crippen molar-refractivity contribution in [3.63, 3.8) is 0 Å². The fraction of sp³-hybridized carbons (Fsp3) is 0.471. The first-order valence-electron chi connectivity index (χ1n) is 7.96. The highest BCUT2D eigenvalue weighted by molar-refractivity contribution is 5.97. The minimum atomic E-state index is -0.933. The number of aliphatic hydroxyl groups is 2. The summed E-state index contributed by atoms with van der Waals surface area (Å²) in [5.41, 5.74) is 3.54. The zero-order valence-electron chi connectivity index (χ0n) is 13.7. The van der Waals surface area contributed by atoms with Crippen LogP contribution in [0.15, 0.2) is 18.2 Å². The van der Waals surface area contributed by atoms with Crippen LogP contribution >= 0.6 is 0 Å². The van der Waals surface area contributed by atoms with Gasteiger partial charge in [-0.05, 0) is 38.5 Å². The normalized spacial score (nSPS) is 24.1. The molecule has 7 heteroatoms. The van der Waals surface area contributed by atoms with Gasteiger partial charge < -0.3 is 20.3 Å². The molecular formula is C17H21N3O4. The molecule has 0 aliphatic carbocycles. The van der Waals surface area contributed by atoms with Crippen LogP contribution < -0.4 is 5.32 Å². The Labute approximate surface area is 139 Å². The second-order valence-electron chi connectivity index (χ2n) is 6.05. The maximum atomic E-state index is 12.5. The molecule has 2 heterocycles. The number of amides is 1. The Kier molecular flexibility index (Phi) is 4.75. The summed E-state index contributed by atoms with van der Waals surface area (Å²) in [5.74, 6) is -0.292. The number of benzene rings is 1. The summed E-state index contributed by atoms with van der Waals surface area (Å²) < 4.78 is 5.27. The first kappa shape index (κ1) is 16.8. The van der Waals surface area contributed by atoms with Crippen LogP contribution in [0.3, 0.4) is 0 Å². The summed E-state index contributed by atoms with van der Waals surface area (Å²) >= 11 is 0. The fourth-order valence-electron chi connectivity index (χ4n) is 2.82. The number of ether oxygens (including phenoxy) is 1. The maximum Gasteiger partial charge on any atom is 0.251 e. The summed E-state index contributed by atoms with van der Waals surface area (Å²) in [6.45, 7) is 3.88. The topological polar surface area (TPSA) is 105 Å². The number of hydrogen-bond donors (Lipinski definition) is 3. The average molecular weight is 331 g/mol. The smallest absolute Gasteiger partial charge is 0.251 e. The number of aryl methyl sites for hydroxylation is 2. The minimum absolute atomic E-state index is 0.280. The summed E-state index contributed by atoms with van der Waals surface area (Å²) in [7, 11) is 0. The van der Waals surface area contributed by atoms with Crippen LogP contribution in [0.4, 0.5) is 0 Å². The minimum Gasteiger partial charge on any atom is -0.394 e. The van der Waals surface area contributed by atoms with Gasteiger partial charge in [0.2, 0.25) is 0 Å². The summed E-state index contributed by atoms with van der Waals surface area (Å²) in [6.07, 6.45) is -1.11. The van der Waals surface area contributed by atoms with Gasteiger partial charge in [0.1, 0.15) is 12.2 Å². The van der Waals surface area contributed by atoms with Crippen molar-refractivity contribution in [1.82, 2.24) is 15.3 Å². The lowest BCUT2D eigenvalue weighted by Crippen LogP contribution is -2.54. The number of aliphatic hydroxyl groups excluding tert-OH is 2. The predicted molar refractivity (Wildman–Crippen MR) is 87.7 cm³/mol. The molecule has 1 saturated heterocycles. The van der Waals surface area contributed by atoms with E-state index in [-0.39, 0.29) is 12.5 Å². The van der Waals surface area contributed by atoms with Gasteiger partial charge in [0.25, 0.3) is 5.91 Å². The third-order valence-electron chi connectivity index (χ3n) is 4.39. The number of rotatable bonds is 3. The molecule has 1 aliphatic heterocycles. The molecule has 0 saturated carbocycles. The van der Waals surface area contributed by atoms with E-state index >= 15 is 0 Å². The van der Waals surface area contributed by atoms with Crippen molar-refractivity contribution < 1.29 is 19.7 Å². The standard InChI is InChI=1S/C17H21N3O4/c1-9-10(2)19-14-7-11(3-4-12(14)18-9)17(23)20-13-5-6-24-15(8-21)16(13)22/h3-4,7,13,15-16,21-22H,5-6,8H2,1-2H3,(H,20,23)/t13-,15+,16-/m0/s1. The second kappa shape index (κ2) is 6.80. The monoisotopic (exact) mass is 331 g/mol. The highest BCUT2D eigenvalue weighted by Gasteiger charge is 2.33. The molecule has 2 aromatic rings. The van der Waals surface area contributed by atoms with Crippen molar-refractivity contribution in [3.8, 4) is 0 Å². The molecule has 1 fully saturated rings. The van der Waals surface area contributed by atoms with Crippen LogP contribution in [0.25, 0.3) is 11.0 Å². The highest BCUT2D eigenvalue weighted by Crippen LogP contribution is 2.17. The summed E-state index contributed by atoms with van der Waals surface area (Å²) in [4.78, 5) is 21.4. The van der Waals surface area contributed by atoms with Gasteiger partial charge in [0.15, 0.2) is 0 Å². The number of fused-ring (bicyclic) bond motifs is 1. The molecule has 1 amide bonds. The van der Waals surface area contributed by atoms with E-state index in [2.05, 4.69) is 15.3 Å². The number of carbonyl (C=O) groups excluding carboxylic acids is 1. The first-order valence-corrected chi connectivity index (χ1v) is 7.96. The Morgan fingerprint density at radius 3 is 2.71 bits per heavy atom. The molecule has 0 radical (unpaired) electrons. The molecule has 24 heavy (non-hydrogen) atoms. The summed E-state index contributed by atoms with van der Waals surface area (Å²) in [5, 5.41) is 22.1. The van der Waals surface area contributed by atoms with Gasteiger partial charge in [-0.25, -0.2) is 9.97 Å². The van der Waals surface area contributed by atoms with Gasteiger partial charge in [0.05, 0.1) is 35.1 Å². The molecule has 3 N–H and O–H groups in total. The zero-order chi connectivity index (χ0) is 17.3. The molecule has 1 aromatic heterocycles. The Balaban J connectivity index is 1.79. The van der Waals surface area contributed by atoms with Crippen LogP contribution in [-0.2, 0) is 4.74 Å². The van der Waals surface area contributed by atoms with E-state index in [0.717, 1.165) is 16.9 Å². The molecule has 1 aromatic carbocycles. The molecule has 7 nitrogen and oxygen atoms in total. The van der Waals surface area contributed by atoms with Crippen molar-refractivity contribution in [1.29, 1.82) is 0 Å². The van der Waals surface area contributed by atoms with Gasteiger partial charge in [0, 0.05) is 12.2 Å². The van der Waals surface area contributed by atoms with Gasteiger partial charge in [-0.3, -0.25) is 4.79 Å². The molecule has 1 aliphatic rings. The number of nitrogens with one attached hydrogen (secondary N) is 1. The Bertz CT molecular complexity index is 765. The molecule has 3 rings (SSSR count). The second-order valence-corrected chi connectivity index (χ2v) is 6.05. The number of hydrogen-bond acceptors (Lipinski definition) is 6. The van der Waals surface area contributed by atoms with Crippen molar-refractivity contribution >= 4 is 16.9 Å². The third kappa shape index (κ3) is 3.24. The average Bonchev–Trinajstić information content (AvgIpc) is 2.57. The van der Waals surface area contributed by atoms with Gasteiger partial charge >= 0.3 is 0 Å². The highest BCUT2D eigenvalue weighted by atomic mass is 16.5. The molecule has 3 atom stereocenters. The Morgan fingerprint density at radius 1 is 1.29 bits per heavy atom. The van der Waals surface area contributed by atoms with Gasteiger partial charge in [-0.1, -0.05) is 0 Å². The molecule has 0 bridgehead atoms. The lowest BCUT2D eigenvalue weighted by Gasteiger charge is -2.34. The molecular weight excluding hydrogens is 310 g/mol. The fourth-order valence-corrected chi connectivity index (χ4v) is 2.82. The van der Waals surface area contributed by atoms with Crippen LogP contribution in [0.5, 0.6) is 0 Å². The third-order valence-corrected chi connectivity index (χ3v) is 4.39. The number of aromatic nitrogens is 2. The van der Waals surface area contributed by atoms with E-state index in [0.29, 0.717) is 24.1 Å². The van der Waals surface area contributed by atoms with E-state index in [9.17, 15) is 15.0 Å². The lowest BCUT2D eigenvalue weighted by atomic mass is 9.99. The maximum absolute atomic E-state index is 12.5. The molecule has 128 valence electrons. The Hall–Kier alpha value is -2.09. The van der Waals surface area contributed by atoms with Crippen LogP contribution in [0, 0.1) is 13.8 Å². The van der Waals surface area contributed by atoms with E-state index < -0.39 is 18.2 Å². The lowest BCUT2D eigenvalue weighted by molar-refractivity contribution is -0.107. The van der Waals surface area contributed by atoms with E-state index in [4.69, 9.17) is 4.74 Å². The number of nitrogens with zero attached hydrogens (tertiary/aromatic N) is 2. The van der Waals surface area contributed by atoms with Crippen molar-refractivity contribution in [2.75, 3.05) is 13.2 Å². The van der Waals surface area contributed by atoms with E-state index in [1.54, 1.807) is 18.2 Å². The predicted octanol–water partition coefficient (Wildman–Crippen LogP) is 0.487. The van der Waals surface area contributed by atoms with Crippen LogP contribution in [0.2, 0.25) is 0 Å². The van der Waals surface area contributed by atoms with E-state index in [1.807, 2.05) is 13.8 Å². The Morgan fingerprint density at radius 2 is 2.00 bits per heavy atom. The SMILES string of the molecule is Cc1nc2ccc(C(=O)N[C@H]3CCO[C@H](CO)[C@H]3O)cc2nc1C. The quantitative estimate of drug-likeness (QED) is 0.756. The van der Waals surface area contributed by atoms with Crippen LogP contribution in [-0.4, -0.2) is 57.6 Å². The van der Waals surface area contributed by atoms with Crippen LogP contribution in [0.1, 0.15) is 28.2 Å². The van der Waals surface area contributed by atoms with Crippen molar-refractivity contribution in [3.05, 3.63) is 35.2 Å². The zero-order valence-corrected chi connectivity index (χ0v) is 13.7. The van der Waals surface area contributed by atoms with E-state index in [1.165, 1.54) is 0 Å². The summed E-state index contributed by atoms with van der Waals surface area (Å²) in [6, 6.07) is 4.70.